The van der Waals surface area contributed by atoms with Crippen LogP contribution in [-0.2, 0) is 6.54 Å². The summed E-state index contributed by atoms with van der Waals surface area (Å²) in [5.74, 6) is 3.54. The van der Waals surface area contributed by atoms with Gasteiger partial charge in [-0.05, 0) is 47.2 Å². The maximum Gasteiger partial charge on any atom is 0.256 e. The molecule has 4 nitrogen and oxygen atoms in total. The molecule has 0 saturated heterocycles. The molecule has 0 spiro atoms. The van der Waals surface area contributed by atoms with E-state index in [-0.39, 0.29) is 12.5 Å². The maximum absolute atomic E-state index is 13.0. The minimum Gasteiger partial charge on any atom is -0.493 e. The smallest absolute Gasteiger partial charge is 0.256 e. The van der Waals surface area contributed by atoms with E-state index in [0.29, 0.717) is 23.6 Å². The molecular formula is C20H20INO3. The van der Waals surface area contributed by atoms with Crippen LogP contribution in [0.4, 0.5) is 0 Å². The van der Waals surface area contributed by atoms with Crippen LogP contribution in [0.2, 0.25) is 0 Å². The number of hydrogen-bond acceptors (Lipinski definition) is 3. The minimum absolute atomic E-state index is 0.135. The van der Waals surface area contributed by atoms with E-state index in [0.717, 1.165) is 9.13 Å². The van der Waals surface area contributed by atoms with E-state index in [1.807, 2.05) is 31.2 Å². The van der Waals surface area contributed by atoms with E-state index in [1.165, 1.54) is 5.56 Å². The fraction of sp³-hybridized carbons (Fsp3) is 0.250. The van der Waals surface area contributed by atoms with Crippen LogP contribution in [0.15, 0.2) is 36.4 Å². The summed E-state index contributed by atoms with van der Waals surface area (Å²) in [6, 6.07) is 11.5. The van der Waals surface area contributed by atoms with Crippen molar-refractivity contribution in [1.29, 1.82) is 0 Å². The molecule has 130 valence electrons. The van der Waals surface area contributed by atoms with Crippen molar-refractivity contribution < 1.29 is 14.3 Å². The molecule has 0 aliphatic rings. The van der Waals surface area contributed by atoms with Crippen LogP contribution in [-0.4, -0.2) is 31.6 Å². The van der Waals surface area contributed by atoms with Crippen LogP contribution in [0.1, 0.15) is 21.5 Å². The third-order valence-electron chi connectivity index (χ3n) is 3.77. The van der Waals surface area contributed by atoms with Gasteiger partial charge < -0.3 is 14.4 Å². The summed E-state index contributed by atoms with van der Waals surface area (Å²) in [7, 11) is 3.11. The van der Waals surface area contributed by atoms with Crippen molar-refractivity contribution in [2.24, 2.45) is 0 Å². The molecule has 0 aromatic heterocycles. The van der Waals surface area contributed by atoms with Crippen molar-refractivity contribution in [2.75, 3.05) is 20.8 Å². The Bertz CT molecular complexity index is 794. The zero-order valence-corrected chi connectivity index (χ0v) is 16.7. The Morgan fingerprint density at radius 2 is 1.76 bits per heavy atom. The monoisotopic (exact) mass is 449 g/mol. The maximum atomic E-state index is 13.0. The highest BCUT2D eigenvalue weighted by Gasteiger charge is 2.21. The highest BCUT2D eigenvalue weighted by Crippen LogP contribution is 2.32. The lowest BCUT2D eigenvalue weighted by atomic mass is 10.1. The molecule has 0 unspecified atom stereocenters. The van der Waals surface area contributed by atoms with Crippen LogP contribution < -0.4 is 9.47 Å². The number of hydrogen-bond donors (Lipinski definition) is 0. The van der Waals surface area contributed by atoms with Gasteiger partial charge in [-0.25, -0.2) is 0 Å². The van der Waals surface area contributed by atoms with Crippen molar-refractivity contribution in [3.8, 4) is 23.8 Å². The predicted octanol–water partition coefficient (Wildman–Crippen LogP) is 3.89. The van der Waals surface area contributed by atoms with Gasteiger partial charge in [0.25, 0.3) is 5.91 Å². The van der Waals surface area contributed by atoms with Gasteiger partial charge in [0, 0.05) is 10.1 Å². The average Bonchev–Trinajstić information content (AvgIpc) is 2.62. The number of nitrogens with zero attached hydrogens (tertiary/aromatic N) is 1. The van der Waals surface area contributed by atoms with Crippen molar-refractivity contribution in [1.82, 2.24) is 4.90 Å². The number of amides is 1. The Kier molecular flexibility index (Phi) is 6.71. The van der Waals surface area contributed by atoms with Gasteiger partial charge in [0.1, 0.15) is 0 Å². The average molecular weight is 449 g/mol. The lowest BCUT2D eigenvalue weighted by Crippen LogP contribution is -2.31. The molecule has 0 heterocycles. The second-order valence-electron chi connectivity index (χ2n) is 5.54. The number of halogens is 1. The molecule has 0 atom stereocenters. The molecule has 0 N–H and O–H groups in total. The van der Waals surface area contributed by atoms with E-state index in [4.69, 9.17) is 15.9 Å². The topological polar surface area (TPSA) is 38.8 Å². The fourth-order valence-corrected chi connectivity index (χ4v) is 3.08. The molecule has 0 aliphatic carbocycles. The molecule has 2 aromatic rings. The Hall–Kier alpha value is -2.20. The normalized spacial score (nSPS) is 10.0. The Labute approximate surface area is 162 Å². The molecular weight excluding hydrogens is 429 g/mol. The highest BCUT2D eigenvalue weighted by molar-refractivity contribution is 14.1. The number of methoxy groups -OCH3 is 2. The van der Waals surface area contributed by atoms with Gasteiger partial charge in [0.2, 0.25) is 0 Å². The van der Waals surface area contributed by atoms with Crippen molar-refractivity contribution in [2.45, 2.75) is 13.5 Å². The molecule has 0 radical (unpaired) electrons. The molecule has 25 heavy (non-hydrogen) atoms. The third kappa shape index (κ3) is 4.67. The highest BCUT2D eigenvalue weighted by atomic mass is 127. The summed E-state index contributed by atoms with van der Waals surface area (Å²) >= 11 is 2.12. The summed E-state index contributed by atoms with van der Waals surface area (Å²) in [4.78, 5) is 14.7. The lowest BCUT2D eigenvalue weighted by Gasteiger charge is -2.22. The standard InChI is InChI=1S/C20H20INO3/c1-5-10-22(13-15-8-6-14(2)7-9-15)20(23)16-11-18(24-3)19(25-4)12-17(16)21/h1,6-9,11-12H,10,13H2,2-4H3. The largest absolute Gasteiger partial charge is 0.493 e. The van der Waals surface area contributed by atoms with Crippen molar-refractivity contribution in [3.05, 3.63) is 56.7 Å². The molecule has 0 saturated carbocycles. The van der Waals surface area contributed by atoms with Crippen LogP contribution in [0.25, 0.3) is 0 Å². The SMILES string of the molecule is C#CCN(Cc1ccc(C)cc1)C(=O)c1cc(OC)c(OC)cc1I. The first kappa shape index (κ1) is 19.1. The van der Waals surface area contributed by atoms with E-state index < -0.39 is 0 Å². The Morgan fingerprint density at radius 3 is 2.32 bits per heavy atom. The van der Waals surface area contributed by atoms with Crippen LogP contribution >= 0.6 is 22.6 Å². The minimum atomic E-state index is -0.135. The first-order valence-electron chi connectivity index (χ1n) is 7.70. The number of rotatable bonds is 6. The van der Waals surface area contributed by atoms with Gasteiger partial charge in [-0.3, -0.25) is 4.79 Å². The third-order valence-corrected chi connectivity index (χ3v) is 4.66. The summed E-state index contributed by atoms with van der Waals surface area (Å²) in [5.41, 5.74) is 2.75. The second kappa shape index (κ2) is 8.77. The molecule has 1 amide bonds. The summed E-state index contributed by atoms with van der Waals surface area (Å²) in [6.45, 7) is 2.71. The molecule has 5 heteroatoms. The fourth-order valence-electron chi connectivity index (χ4n) is 2.41. The van der Waals surface area contributed by atoms with Crippen molar-refractivity contribution in [3.63, 3.8) is 0 Å². The molecule has 0 fully saturated rings. The van der Waals surface area contributed by atoms with Crippen molar-refractivity contribution >= 4 is 28.5 Å². The van der Waals surface area contributed by atoms with E-state index in [2.05, 4.69) is 28.5 Å². The summed E-state index contributed by atoms with van der Waals surface area (Å²) in [5, 5.41) is 0. The Morgan fingerprint density at radius 1 is 1.16 bits per heavy atom. The number of terminal acetylenes is 1. The number of ether oxygens (including phenoxy) is 2. The zero-order chi connectivity index (χ0) is 18.4. The number of aryl methyl sites for hydroxylation is 1. The number of benzene rings is 2. The first-order valence-corrected chi connectivity index (χ1v) is 8.77. The van der Waals surface area contributed by atoms with Gasteiger partial charge in [0.05, 0.1) is 26.3 Å². The summed E-state index contributed by atoms with van der Waals surface area (Å²) < 4.78 is 11.4. The number of carbonyl (C=O) groups excluding carboxylic acids is 1. The summed E-state index contributed by atoms with van der Waals surface area (Å²) in [6.07, 6.45) is 5.47. The van der Waals surface area contributed by atoms with Gasteiger partial charge in [-0.1, -0.05) is 35.7 Å². The first-order chi connectivity index (χ1) is 12.0. The predicted molar refractivity (Wildman–Crippen MR) is 107 cm³/mol. The van der Waals surface area contributed by atoms with Gasteiger partial charge in [-0.2, -0.15) is 0 Å². The molecule has 2 rings (SSSR count). The molecule has 0 aliphatic heterocycles. The van der Waals surface area contributed by atoms with Crippen LogP contribution in [0.3, 0.4) is 0 Å². The van der Waals surface area contributed by atoms with Gasteiger partial charge in [-0.15, -0.1) is 6.42 Å². The van der Waals surface area contributed by atoms with Crippen LogP contribution in [0, 0.1) is 22.8 Å². The van der Waals surface area contributed by atoms with E-state index >= 15 is 0 Å². The lowest BCUT2D eigenvalue weighted by molar-refractivity contribution is 0.0764. The van der Waals surface area contributed by atoms with Crippen LogP contribution in [0.5, 0.6) is 11.5 Å². The number of carbonyl (C=O) groups is 1. The Balaban J connectivity index is 2.34. The van der Waals surface area contributed by atoms with E-state index in [9.17, 15) is 4.79 Å². The van der Waals surface area contributed by atoms with Gasteiger partial charge >= 0.3 is 0 Å². The zero-order valence-electron chi connectivity index (χ0n) is 14.5. The quantitative estimate of drug-likeness (QED) is 0.496. The molecule has 2 aromatic carbocycles. The van der Waals surface area contributed by atoms with E-state index in [1.54, 1.807) is 31.3 Å². The van der Waals surface area contributed by atoms with Gasteiger partial charge in [0.15, 0.2) is 11.5 Å². The molecule has 0 bridgehead atoms. The second-order valence-corrected chi connectivity index (χ2v) is 6.70.